The van der Waals surface area contributed by atoms with Crippen LogP contribution in [-0.2, 0) is 17.1 Å². The van der Waals surface area contributed by atoms with Crippen molar-refractivity contribution in [3.63, 3.8) is 0 Å². The van der Waals surface area contributed by atoms with Crippen LogP contribution in [0.25, 0.3) is 5.69 Å². The first-order chi connectivity index (χ1) is 12.7. The summed E-state index contributed by atoms with van der Waals surface area (Å²) in [6.07, 6.45) is 2.86. The van der Waals surface area contributed by atoms with E-state index in [9.17, 15) is 18.0 Å². The third-order valence-electron chi connectivity index (χ3n) is 3.77. The van der Waals surface area contributed by atoms with Gasteiger partial charge < -0.3 is 16.0 Å². The molecule has 3 aromatic rings. The molecule has 5 N–H and O–H groups in total. The number of amides is 2. The van der Waals surface area contributed by atoms with Crippen LogP contribution in [0.15, 0.2) is 53.7 Å². The van der Waals surface area contributed by atoms with Gasteiger partial charge in [0.15, 0.2) is 0 Å². The summed E-state index contributed by atoms with van der Waals surface area (Å²) in [5.41, 5.74) is 11.5. The van der Waals surface area contributed by atoms with Crippen LogP contribution in [0, 0.1) is 0 Å². The Morgan fingerprint density at radius 1 is 1.07 bits per heavy atom. The van der Waals surface area contributed by atoms with Gasteiger partial charge in [0.05, 0.1) is 5.69 Å². The quantitative estimate of drug-likeness (QED) is 0.550. The van der Waals surface area contributed by atoms with E-state index in [1.165, 1.54) is 46.8 Å². The van der Waals surface area contributed by atoms with Gasteiger partial charge in [0.1, 0.15) is 16.3 Å². The molecule has 2 amide bonds. The molecule has 0 fully saturated rings. The highest BCUT2D eigenvalue weighted by molar-refractivity contribution is 7.92. The van der Waals surface area contributed by atoms with E-state index in [0.29, 0.717) is 11.4 Å². The molecule has 0 bridgehead atoms. The van der Waals surface area contributed by atoms with E-state index in [4.69, 9.17) is 11.5 Å². The second-order valence-electron chi connectivity index (χ2n) is 5.70. The van der Waals surface area contributed by atoms with Crippen molar-refractivity contribution in [2.45, 2.75) is 4.90 Å². The number of carbonyl (C=O) groups is 2. The summed E-state index contributed by atoms with van der Waals surface area (Å²) >= 11 is 0. The summed E-state index contributed by atoms with van der Waals surface area (Å²) in [5, 5.41) is 4.02. The molecule has 1 aromatic carbocycles. The first-order valence-electron chi connectivity index (χ1n) is 7.62. The zero-order valence-corrected chi connectivity index (χ0v) is 15.0. The SMILES string of the molecule is Cn1cc(S(=O)(=O)Nc2ccc(-n3ccc(C(N)=O)n3)cc2)cc1C(N)=O. The van der Waals surface area contributed by atoms with E-state index in [1.807, 2.05) is 0 Å². The average molecular weight is 388 g/mol. The molecule has 0 saturated carbocycles. The van der Waals surface area contributed by atoms with Gasteiger partial charge in [-0.05, 0) is 36.4 Å². The first kappa shape index (κ1) is 18.2. The van der Waals surface area contributed by atoms with Gasteiger partial charge in [-0.25, -0.2) is 13.1 Å². The normalized spacial score (nSPS) is 11.3. The number of hydrogen-bond donors (Lipinski definition) is 3. The van der Waals surface area contributed by atoms with Crippen LogP contribution in [0.1, 0.15) is 21.0 Å². The minimum atomic E-state index is -3.90. The fraction of sp³-hybridized carbons (Fsp3) is 0.0625. The van der Waals surface area contributed by atoms with Crippen LogP contribution in [-0.4, -0.2) is 34.6 Å². The standard InChI is InChI=1S/C16H16N6O4S/c1-21-9-12(8-14(21)16(18)24)27(25,26)20-10-2-4-11(5-3-10)22-7-6-13(19-22)15(17)23/h2-9,20H,1H3,(H2,17,23)(H2,18,24). The largest absolute Gasteiger partial charge is 0.364 e. The third-order valence-corrected chi connectivity index (χ3v) is 5.12. The maximum Gasteiger partial charge on any atom is 0.269 e. The number of rotatable bonds is 6. The predicted octanol–water partition coefficient (Wildman–Crippen LogP) is 0.209. The van der Waals surface area contributed by atoms with Crippen LogP contribution >= 0.6 is 0 Å². The Labute approximate surface area is 154 Å². The number of nitrogens with two attached hydrogens (primary N) is 2. The van der Waals surface area contributed by atoms with Gasteiger partial charge in [0, 0.05) is 25.1 Å². The number of benzene rings is 1. The maximum absolute atomic E-state index is 12.5. The van der Waals surface area contributed by atoms with Gasteiger partial charge in [0.2, 0.25) is 0 Å². The highest BCUT2D eigenvalue weighted by atomic mass is 32.2. The second kappa shape index (κ2) is 6.61. The Bertz CT molecular complexity index is 1130. The molecule has 2 aromatic heterocycles. The summed E-state index contributed by atoms with van der Waals surface area (Å²) in [6.45, 7) is 0. The Morgan fingerprint density at radius 2 is 1.74 bits per heavy atom. The molecule has 3 rings (SSSR count). The Kier molecular flexibility index (Phi) is 4.45. The molecule has 11 heteroatoms. The van der Waals surface area contributed by atoms with Crippen molar-refractivity contribution in [3.8, 4) is 5.69 Å². The molecule has 0 unspecified atom stereocenters. The van der Waals surface area contributed by atoms with Gasteiger partial charge >= 0.3 is 0 Å². The maximum atomic E-state index is 12.5. The number of hydrogen-bond acceptors (Lipinski definition) is 5. The van der Waals surface area contributed by atoms with Crippen LogP contribution in [0.4, 0.5) is 5.69 Å². The third kappa shape index (κ3) is 3.67. The molecule has 0 aliphatic carbocycles. The lowest BCUT2D eigenvalue weighted by molar-refractivity contribution is 0.0985. The van der Waals surface area contributed by atoms with Crippen molar-refractivity contribution in [1.82, 2.24) is 14.3 Å². The topological polar surface area (TPSA) is 155 Å². The van der Waals surface area contributed by atoms with Crippen molar-refractivity contribution in [1.29, 1.82) is 0 Å². The zero-order chi connectivity index (χ0) is 19.8. The smallest absolute Gasteiger partial charge is 0.269 e. The lowest BCUT2D eigenvalue weighted by Crippen LogP contribution is -2.14. The van der Waals surface area contributed by atoms with Crippen LogP contribution in [0.2, 0.25) is 0 Å². The molecular weight excluding hydrogens is 372 g/mol. The molecule has 0 radical (unpaired) electrons. The number of primary amides is 2. The summed E-state index contributed by atoms with van der Waals surface area (Å²) in [5.74, 6) is -1.37. The first-order valence-corrected chi connectivity index (χ1v) is 9.10. The lowest BCUT2D eigenvalue weighted by Gasteiger charge is -2.07. The molecule has 0 atom stereocenters. The van der Waals surface area contributed by atoms with Crippen LogP contribution < -0.4 is 16.2 Å². The number of aromatic nitrogens is 3. The van der Waals surface area contributed by atoms with Crippen molar-refractivity contribution in [2.75, 3.05) is 4.72 Å². The van der Waals surface area contributed by atoms with Gasteiger partial charge in [-0.15, -0.1) is 0 Å². The second-order valence-corrected chi connectivity index (χ2v) is 7.38. The summed E-state index contributed by atoms with van der Waals surface area (Å²) in [6, 6.07) is 9.00. The molecule has 140 valence electrons. The Hall–Kier alpha value is -3.60. The predicted molar refractivity (Wildman–Crippen MR) is 96.8 cm³/mol. The number of nitrogens with zero attached hydrogens (tertiary/aromatic N) is 3. The summed E-state index contributed by atoms with van der Waals surface area (Å²) < 4.78 is 30.2. The Morgan fingerprint density at radius 3 is 2.26 bits per heavy atom. The zero-order valence-electron chi connectivity index (χ0n) is 14.2. The Balaban J connectivity index is 1.82. The monoisotopic (exact) mass is 388 g/mol. The molecule has 2 heterocycles. The van der Waals surface area contributed by atoms with Gasteiger partial charge in [-0.3, -0.25) is 14.3 Å². The highest BCUT2D eigenvalue weighted by Crippen LogP contribution is 2.19. The number of sulfonamides is 1. The van der Waals surface area contributed by atoms with E-state index in [0.717, 1.165) is 0 Å². The number of aryl methyl sites for hydroxylation is 1. The average Bonchev–Trinajstić information content (AvgIpc) is 3.22. The number of anilines is 1. The molecule has 0 spiro atoms. The summed E-state index contributed by atoms with van der Waals surface area (Å²) in [4.78, 5) is 22.3. The van der Waals surface area contributed by atoms with Gasteiger partial charge in [-0.2, -0.15) is 5.10 Å². The number of nitrogens with one attached hydrogen (secondary N) is 1. The van der Waals surface area contributed by atoms with E-state index in [2.05, 4.69) is 9.82 Å². The fourth-order valence-corrected chi connectivity index (χ4v) is 3.55. The molecule has 0 aliphatic heterocycles. The van der Waals surface area contributed by atoms with Crippen LogP contribution in [0.3, 0.4) is 0 Å². The lowest BCUT2D eigenvalue weighted by atomic mass is 10.3. The molecule has 10 nitrogen and oxygen atoms in total. The molecule has 0 aliphatic rings. The van der Waals surface area contributed by atoms with Crippen molar-refractivity contribution >= 4 is 27.5 Å². The van der Waals surface area contributed by atoms with Crippen molar-refractivity contribution in [3.05, 3.63) is 60.2 Å². The van der Waals surface area contributed by atoms with Gasteiger partial charge in [-0.1, -0.05) is 0 Å². The summed E-state index contributed by atoms with van der Waals surface area (Å²) in [7, 11) is -2.37. The minimum absolute atomic E-state index is 0.0784. The van der Waals surface area contributed by atoms with Crippen molar-refractivity contribution < 1.29 is 18.0 Å². The highest BCUT2D eigenvalue weighted by Gasteiger charge is 2.19. The molecule has 0 saturated heterocycles. The number of carbonyl (C=O) groups excluding carboxylic acids is 2. The van der Waals surface area contributed by atoms with Crippen LogP contribution in [0.5, 0.6) is 0 Å². The van der Waals surface area contributed by atoms with E-state index in [-0.39, 0.29) is 16.3 Å². The molecule has 27 heavy (non-hydrogen) atoms. The fourth-order valence-electron chi connectivity index (χ4n) is 2.42. The van der Waals surface area contributed by atoms with E-state index in [1.54, 1.807) is 18.3 Å². The minimum Gasteiger partial charge on any atom is -0.364 e. The van der Waals surface area contributed by atoms with Crippen molar-refractivity contribution in [2.24, 2.45) is 18.5 Å². The molecular formula is C16H16N6O4S. The van der Waals surface area contributed by atoms with Gasteiger partial charge in [0.25, 0.3) is 21.8 Å². The van der Waals surface area contributed by atoms with E-state index < -0.39 is 21.8 Å². The van der Waals surface area contributed by atoms with E-state index >= 15 is 0 Å².